The highest BCUT2D eigenvalue weighted by molar-refractivity contribution is 7.89. The second-order valence-electron chi connectivity index (χ2n) is 6.05. The maximum Gasteiger partial charge on any atom is 0.242 e. The van der Waals surface area contributed by atoms with Gasteiger partial charge in [0.1, 0.15) is 0 Å². The lowest BCUT2D eigenvalue weighted by molar-refractivity contribution is 0.519. The largest absolute Gasteiger partial charge is 0.242 e. The van der Waals surface area contributed by atoms with Crippen LogP contribution in [0.5, 0.6) is 0 Å². The topological polar surface area (TPSA) is 37.4 Å². The van der Waals surface area contributed by atoms with E-state index in [1.165, 1.54) is 15.4 Å². The van der Waals surface area contributed by atoms with Gasteiger partial charge in [0.05, 0.1) is 4.90 Å². The smallest absolute Gasteiger partial charge is 0.207 e. The summed E-state index contributed by atoms with van der Waals surface area (Å²) in [5.41, 5.74) is 4.53. The van der Waals surface area contributed by atoms with Crippen LogP contribution < -0.4 is 0 Å². The van der Waals surface area contributed by atoms with E-state index in [4.69, 9.17) is 0 Å². The molecular formula is C18H21NO2S. The Bertz CT molecular complexity index is 777. The molecule has 0 unspecified atom stereocenters. The standard InChI is InChI=1S/C18H21NO2S/c1-19(2)22(20,21)18-13-16-8-7-14-3-5-15(6-4-14)9-11-17(18)12-10-16/h3-6,10,12-13H,7-9,11H2,1-2H3. The molecule has 0 N–H and O–H groups in total. The fourth-order valence-corrected chi connectivity index (χ4v) is 4.03. The number of aryl methyl sites for hydroxylation is 4. The van der Waals surface area contributed by atoms with Crippen LogP contribution in [0.15, 0.2) is 47.4 Å². The van der Waals surface area contributed by atoms with Gasteiger partial charge in [-0.3, -0.25) is 0 Å². The Balaban J connectivity index is 2.08. The molecule has 22 heavy (non-hydrogen) atoms. The fourth-order valence-electron chi connectivity index (χ4n) is 2.84. The van der Waals surface area contributed by atoms with Crippen molar-refractivity contribution in [3.05, 3.63) is 64.7 Å². The fraction of sp³-hybridized carbons (Fsp3) is 0.333. The third-order valence-electron chi connectivity index (χ3n) is 4.30. The second-order valence-corrected chi connectivity index (χ2v) is 8.17. The lowest BCUT2D eigenvalue weighted by Crippen LogP contribution is -2.23. The molecule has 0 aromatic heterocycles. The molecule has 0 amide bonds. The molecular weight excluding hydrogens is 294 g/mol. The quantitative estimate of drug-likeness (QED) is 0.854. The summed E-state index contributed by atoms with van der Waals surface area (Å²) in [6.07, 6.45) is 3.38. The molecule has 116 valence electrons. The molecule has 0 heterocycles. The molecule has 6 rings (SSSR count). The molecule has 4 aliphatic carbocycles. The van der Waals surface area contributed by atoms with Crippen LogP contribution in [0.3, 0.4) is 0 Å². The van der Waals surface area contributed by atoms with Crippen LogP contribution in [0.2, 0.25) is 0 Å². The van der Waals surface area contributed by atoms with Gasteiger partial charge in [0.15, 0.2) is 0 Å². The first kappa shape index (κ1) is 15.3. The number of rotatable bonds is 2. The van der Waals surface area contributed by atoms with Crippen molar-refractivity contribution < 1.29 is 8.42 Å². The van der Waals surface area contributed by atoms with Crippen molar-refractivity contribution in [1.29, 1.82) is 0 Å². The summed E-state index contributed by atoms with van der Waals surface area (Å²) in [5.74, 6) is 0. The summed E-state index contributed by atoms with van der Waals surface area (Å²) in [7, 11) is -0.219. The normalized spacial score (nSPS) is 14.9. The highest BCUT2D eigenvalue weighted by Gasteiger charge is 2.21. The average molecular weight is 315 g/mol. The second kappa shape index (κ2) is 5.86. The maximum atomic E-state index is 12.6. The molecule has 0 radical (unpaired) electrons. The Morgan fingerprint density at radius 2 is 1.27 bits per heavy atom. The maximum absolute atomic E-state index is 12.6. The molecule has 4 heteroatoms. The van der Waals surface area contributed by atoms with E-state index in [0.717, 1.165) is 36.8 Å². The van der Waals surface area contributed by atoms with Crippen molar-refractivity contribution in [3.8, 4) is 0 Å². The van der Waals surface area contributed by atoms with Crippen molar-refractivity contribution in [2.45, 2.75) is 30.6 Å². The summed E-state index contributed by atoms with van der Waals surface area (Å²) < 4.78 is 26.5. The van der Waals surface area contributed by atoms with E-state index in [1.807, 2.05) is 12.1 Å². The van der Waals surface area contributed by atoms with E-state index >= 15 is 0 Å². The van der Waals surface area contributed by atoms with Crippen molar-refractivity contribution in [2.75, 3.05) is 14.1 Å². The average Bonchev–Trinajstić information content (AvgIpc) is 2.49. The number of benzene rings is 2. The molecule has 0 spiro atoms. The molecule has 0 aliphatic heterocycles. The molecule has 0 saturated carbocycles. The van der Waals surface area contributed by atoms with Crippen molar-refractivity contribution >= 4 is 10.0 Å². The molecule has 0 atom stereocenters. The SMILES string of the molecule is CN(C)S(=O)(=O)c1cc2ccc1CCc1ccc(cc1)CC2. The predicted octanol–water partition coefficient (Wildman–Crippen LogP) is 2.82. The van der Waals surface area contributed by atoms with E-state index in [-0.39, 0.29) is 0 Å². The molecule has 3 nitrogen and oxygen atoms in total. The van der Waals surface area contributed by atoms with Gasteiger partial charge in [0, 0.05) is 14.1 Å². The first-order valence-corrected chi connectivity index (χ1v) is 9.03. The monoisotopic (exact) mass is 315 g/mol. The van der Waals surface area contributed by atoms with Crippen molar-refractivity contribution in [2.24, 2.45) is 0 Å². The molecule has 4 bridgehead atoms. The van der Waals surface area contributed by atoms with E-state index in [0.29, 0.717) is 4.90 Å². The van der Waals surface area contributed by atoms with E-state index in [9.17, 15) is 8.42 Å². The van der Waals surface area contributed by atoms with Gasteiger partial charge in [0.25, 0.3) is 0 Å². The van der Waals surface area contributed by atoms with E-state index < -0.39 is 10.0 Å². The van der Waals surface area contributed by atoms with Crippen LogP contribution in [0.1, 0.15) is 22.3 Å². The van der Waals surface area contributed by atoms with Gasteiger partial charge >= 0.3 is 0 Å². The lowest BCUT2D eigenvalue weighted by atomic mass is 9.97. The molecule has 2 aromatic rings. The summed E-state index contributed by atoms with van der Waals surface area (Å²) in [6, 6.07) is 14.6. The van der Waals surface area contributed by atoms with Crippen LogP contribution in [-0.2, 0) is 35.7 Å². The Labute approximate surface area is 132 Å². The Kier molecular flexibility index (Phi) is 4.06. The van der Waals surface area contributed by atoms with E-state index in [1.54, 1.807) is 14.1 Å². The summed E-state index contributed by atoms with van der Waals surface area (Å²) >= 11 is 0. The zero-order chi connectivity index (χ0) is 15.7. The van der Waals surface area contributed by atoms with Crippen molar-refractivity contribution in [1.82, 2.24) is 4.31 Å². The minimum Gasteiger partial charge on any atom is -0.207 e. The molecule has 0 saturated heterocycles. The van der Waals surface area contributed by atoms with Crippen LogP contribution in [-0.4, -0.2) is 26.8 Å². The third-order valence-corrected chi connectivity index (χ3v) is 6.20. The Morgan fingerprint density at radius 3 is 1.86 bits per heavy atom. The highest BCUT2D eigenvalue weighted by atomic mass is 32.2. The van der Waals surface area contributed by atoms with Crippen molar-refractivity contribution in [3.63, 3.8) is 0 Å². The first-order chi connectivity index (χ1) is 10.5. The summed E-state index contributed by atoms with van der Waals surface area (Å²) in [5, 5.41) is 0. The van der Waals surface area contributed by atoms with Gasteiger partial charge in [-0.05, 0) is 54.0 Å². The number of hydrogen-bond acceptors (Lipinski definition) is 2. The number of sulfonamides is 1. The van der Waals surface area contributed by atoms with Gasteiger partial charge in [-0.15, -0.1) is 0 Å². The Hall–Kier alpha value is -1.65. The third kappa shape index (κ3) is 2.94. The van der Waals surface area contributed by atoms with E-state index in [2.05, 4.69) is 30.3 Å². The summed E-state index contributed by atoms with van der Waals surface area (Å²) in [6.45, 7) is 0. The Morgan fingerprint density at radius 1 is 0.773 bits per heavy atom. The van der Waals surface area contributed by atoms with Gasteiger partial charge in [0.2, 0.25) is 10.0 Å². The van der Waals surface area contributed by atoms with Gasteiger partial charge in [-0.25, -0.2) is 12.7 Å². The first-order valence-electron chi connectivity index (χ1n) is 7.59. The molecule has 4 aliphatic rings. The predicted molar refractivity (Wildman–Crippen MR) is 88.6 cm³/mol. The molecule has 2 aromatic carbocycles. The van der Waals surface area contributed by atoms with Crippen LogP contribution >= 0.6 is 0 Å². The number of hydrogen-bond donors (Lipinski definition) is 0. The zero-order valence-corrected chi connectivity index (χ0v) is 13.9. The lowest BCUT2D eigenvalue weighted by Gasteiger charge is -2.17. The van der Waals surface area contributed by atoms with Crippen LogP contribution in [0.4, 0.5) is 0 Å². The number of nitrogens with zero attached hydrogens (tertiary/aromatic N) is 1. The molecule has 0 fully saturated rings. The van der Waals surface area contributed by atoms with Gasteiger partial charge in [-0.1, -0.05) is 36.4 Å². The van der Waals surface area contributed by atoms with Crippen LogP contribution in [0.25, 0.3) is 0 Å². The van der Waals surface area contributed by atoms with Gasteiger partial charge in [-0.2, -0.15) is 0 Å². The zero-order valence-electron chi connectivity index (χ0n) is 13.0. The minimum absolute atomic E-state index is 0.463. The summed E-state index contributed by atoms with van der Waals surface area (Å²) in [4.78, 5) is 0.463. The minimum atomic E-state index is -3.40. The van der Waals surface area contributed by atoms with Gasteiger partial charge < -0.3 is 0 Å². The highest BCUT2D eigenvalue weighted by Crippen LogP contribution is 2.24. The van der Waals surface area contributed by atoms with Crippen LogP contribution in [0, 0.1) is 0 Å².